The van der Waals surface area contributed by atoms with Crippen molar-refractivity contribution in [3.8, 4) is 0 Å². The van der Waals surface area contributed by atoms with Crippen molar-refractivity contribution < 1.29 is 4.79 Å². The summed E-state index contributed by atoms with van der Waals surface area (Å²) in [5, 5.41) is 0.740. The number of hydrogen-bond donors (Lipinski definition) is 0. The number of nitrogens with zero attached hydrogens (tertiary/aromatic N) is 1. The summed E-state index contributed by atoms with van der Waals surface area (Å²) < 4.78 is 0.921. The molecule has 2 aromatic carbocycles. The van der Waals surface area contributed by atoms with Crippen molar-refractivity contribution in [3.05, 3.63) is 68.7 Å². The Morgan fingerprint density at radius 1 is 1.24 bits per heavy atom. The molecule has 0 aliphatic carbocycles. The van der Waals surface area contributed by atoms with Crippen molar-refractivity contribution in [2.45, 2.75) is 13.5 Å². The van der Waals surface area contributed by atoms with E-state index >= 15 is 0 Å². The number of carbonyl (C=O) groups is 1. The maximum Gasteiger partial charge on any atom is 0.176 e. The number of hydrogen-bond acceptors (Lipinski definition) is 2. The maximum atomic E-state index is 12.3. The Bertz CT molecular complexity index is 657. The average Bonchev–Trinajstić information content (AvgIpc) is 2.42. The highest BCUT2D eigenvalue weighted by Gasteiger charge is 2.11. The summed E-state index contributed by atoms with van der Waals surface area (Å²) in [7, 11) is 1.95. The number of ketones is 1. The number of Topliss-reactive ketones (excluding diaryl/α,β-unsaturated/α-hetero) is 1. The highest BCUT2D eigenvalue weighted by atomic mass is 79.9. The second-order valence-electron chi connectivity index (χ2n) is 5.18. The molecular formula is C17H17BrClNO. The summed E-state index contributed by atoms with van der Waals surface area (Å²) in [6, 6.07) is 13.3. The second kappa shape index (κ2) is 7.21. The first kappa shape index (κ1) is 16.2. The number of carbonyl (C=O) groups excluding carboxylic acids is 1. The third-order valence-electron chi connectivity index (χ3n) is 3.31. The Hall–Kier alpha value is -1.16. The summed E-state index contributed by atoms with van der Waals surface area (Å²) in [5.41, 5.74) is 3.05. The normalized spacial score (nSPS) is 10.9. The van der Waals surface area contributed by atoms with Crippen molar-refractivity contribution in [2.75, 3.05) is 13.6 Å². The molecule has 0 aromatic heterocycles. The Labute approximate surface area is 138 Å². The number of rotatable bonds is 5. The van der Waals surface area contributed by atoms with Crippen molar-refractivity contribution in [2.24, 2.45) is 0 Å². The fourth-order valence-electron chi connectivity index (χ4n) is 2.18. The number of aryl methyl sites for hydroxylation is 1. The molecule has 21 heavy (non-hydrogen) atoms. The molecule has 2 aromatic rings. The lowest BCUT2D eigenvalue weighted by Crippen LogP contribution is -2.26. The molecule has 0 aliphatic rings. The Morgan fingerprint density at radius 2 is 2.00 bits per heavy atom. The second-order valence-corrected chi connectivity index (χ2v) is 6.53. The van der Waals surface area contributed by atoms with Crippen LogP contribution in [0.25, 0.3) is 0 Å². The van der Waals surface area contributed by atoms with Crippen LogP contribution in [0.2, 0.25) is 5.02 Å². The van der Waals surface area contributed by atoms with Gasteiger partial charge in [0.1, 0.15) is 0 Å². The van der Waals surface area contributed by atoms with E-state index in [1.54, 1.807) is 0 Å². The minimum Gasteiger partial charge on any atom is -0.295 e. The lowest BCUT2D eigenvalue weighted by molar-refractivity contribution is 0.0943. The zero-order valence-electron chi connectivity index (χ0n) is 12.1. The van der Waals surface area contributed by atoms with Crippen molar-refractivity contribution in [3.63, 3.8) is 0 Å². The first-order chi connectivity index (χ1) is 9.95. The van der Waals surface area contributed by atoms with E-state index in [4.69, 9.17) is 11.6 Å². The van der Waals surface area contributed by atoms with Gasteiger partial charge in [-0.15, -0.1) is 0 Å². The standard InChI is InChI=1S/C17H17BrClNO/c1-12-8-16(19)7-6-14(12)10-20(2)11-17(21)13-4-3-5-15(18)9-13/h3-9H,10-11H2,1-2H3. The first-order valence-electron chi connectivity index (χ1n) is 6.68. The molecule has 0 aliphatic heterocycles. The lowest BCUT2D eigenvalue weighted by Gasteiger charge is -2.17. The summed E-state index contributed by atoms with van der Waals surface area (Å²) in [6.45, 7) is 3.15. The van der Waals surface area contributed by atoms with E-state index < -0.39 is 0 Å². The fourth-order valence-corrected chi connectivity index (χ4v) is 2.81. The molecular weight excluding hydrogens is 350 g/mol. The van der Waals surface area contributed by atoms with Gasteiger partial charge in [-0.3, -0.25) is 9.69 Å². The summed E-state index contributed by atoms with van der Waals surface area (Å²) in [5.74, 6) is 0.116. The smallest absolute Gasteiger partial charge is 0.176 e. The molecule has 2 rings (SSSR count). The van der Waals surface area contributed by atoms with Gasteiger partial charge in [0, 0.05) is 21.6 Å². The average molecular weight is 367 g/mol. The van der Waals surface area contributed by atoms with E-state index in [-0.39, 0.29) is 5.78 Å². The molecule has 0 amide bonds. The zero-order valence-corrected chi connectivity index (χ0v) is 14.4. The van der Waals surface area contributed by atoms with Gasteiger partial charge >= 0.3 is 0 Å². The van der Waals surface area contributed by atoms with Gasteiger partial charge in [0.05, 0.1) is 6.54 Å². The van der Waals surface area contributed by atoms with Crippen LogP contribution in [0.5, 0.6) is 0 Å². The molecule has 0 atom stereocenters. The lowest BCUT2D eigenvalue weighted by atomic mass is 10.1. The molecule has 0 saturated carbocycles. The van der Waals surface area contributed by atoms with Crippen molar-refractivity contribution >= 4 is 33.3 Å². The van der Waals surface area contributed by atoms with Gasteiger partial charge in [0.15, 0.2) is 5.78 Å². The van der Waals surface area contributed by atoms with Crippen LogP contribution < -0.4 is 0 Å². The quantitative estimate of drug-likeness (QED) is 0.713. The van der Waals surface area contributed by atoms with Crippen LogP contribution in [0, 0.1) is 6.92 Å². The van der Waals surface area contributed by atoms with Crippen molar-refractivity contribution in [1.29, 1.82) is 0 Å². The van der Waals surface area contributed by atoms with E-state index in [9.17, 15) is 4.79 Å². The van der Waals surface area contributed by atoms with Gasteiger partial charge < -0.3 is 0 Å². The first-order valence-corrected chi connectivity index (χ1v) is 7.85. The summed E-state index contributed by atoms with van der Waals surface area (Å²) in [6.07, 6.45) is 0. The van der Waals surface area contributed by atoms with Gasteiger partial charge in [-0.1, -0.05) is 45.7 Å². The van der Waals surface area contributed by atoms with E-state index in [2.05, 4.69) is 15.9 Å². The number of halogens is 2. The van der Waals surface area contributed by atoms with Crippen LogP contribution in [0.4, 0.5) is 0 Å². The van der Waals surface area contributed by atoms with E-state index in [1.165, 1.54) is 5.56 Å². The van der Waals surface area contributed by atoms with Crippen LogP contribution in [0.15, 0.2) is 46.9 Å². The topological polar surface area (TPSA) is 20.3 Å². The van der Waals surface area contributed by atoms with Gasteiger partial charge in [-0.05, 0) is 49.4 Å². The minimum atomic E-state index is 0.116. The van der Waals surface area contributed by atoms with Crippen LogP contribution in [-0.4, -0.2) is 24.3 Å². The third kappa shape index (κ3) is 4.67. The monoisotopic (exact) mass is 365 g/mol. The molecule has 0 radical (unpaired) electrons. The third-order valence-corrected chi connectivity index (χ3v) is 4.03. The van der Waals surface area contributed by atoms with Crippen molar-refractivity contribution in [1.82, 2.24) is 4.90 Å². The molecule has 4 heteroatoms. The van der Waals surface area contributed by atoms with Gasteiger partial charge in [0.25, 0.3) is 0 Å². The molecule has 2 nitrogen and oxygen atoms in total. The summed E-state index contributed by atoms with van der Waals surface area (Å²) >= 11 is 9.35. The highest BCUT2D eigenvalue weighted by molar-refractivity contribution is 9.10. The van der Waals surface area contributed by atoms with Crippen LogP contribution in [0.3, 0.4) is 0 Å². The fraction of sp³-hybridized carbons (Fsp3) is 0.235. The zero-order chi connectivity index (χ0) is 15.4. The minimum absolute atomic E-state index is 0.116. The predicted molar refractivity (Wildman–Crippen MR) is 91.0 cm³/mol. The molecule has 0 heterocycles. The Morgan fingerprint density at radius 3 is 2.67 bits per heavy atom. The van der Waals surface area contributed by atoms with E-state index in [0.717, 1.165) is 27.2 Å². The maximum absolute atomic E-state index is 12.3. The van der Waals surface area contributed by atoms with Crippen LogP contribution in [0.1, 0.15) is 21.5 Å². The number of benzene rings is 2. The Kier molecular flexibility index (Phi) is 5.57. The number of likely N-dealkylation sites (N-methyl/N-ethyl adjacent to an activating group) is 1. The highest BCUT2D eigenvalue weighted by Crippen LogP contribution is 2.17. The summed E-state index contributed by atoms with van der Waals surface area (Å²) in [4.78, 5) is 14.3. The molecule has 0 spiro atoms. The van der Waals surface area contributed by atoms with Gasteiger partial charge in [-0.2, -0.15) is 0 Å². The van der Waals surface area contributed by atoms with Crippen LogP contribution in [-0.2, 0) is 6.54 Å². The molecule has 0 saturated heterocycles. The molecule has 0 bridgehead atoms. The van der Waals surface area contributed by atoms with E-state index in [1.807, 2.05) is 61.3 Å². The Balaban J connectivity index is 2.01. The molecule has 0 N–H and O–H groups in total. The van der Waals surface area contributed by atoms with Gasteiger partial charge in [0.2, 0.25) is 0 Å². The predicted octanol–water partition coefficient (Wildman–Crippen LogP) is 4.73. The molecule has 0 fully saturated rings. The largest absolute Gasteiger partial charge is 0.295 e. The van der Waals surface area contributed by atoms with Gasteiger partial charge in [-0.25, -0.2) is 0 Å². The molecule has 110 valence electrons. The van der Waals surface area contributed by atoms with Crippen LogP contribution >= 0.6 is 27.5 Å². The molecule has 0 unspecified atom stereocenters. The SMILES string of the molecule is Cc1cc(Cl)ccc1CN(C)CC(=O)c1cccc(Br)c1. The van der Waals surface area contributed by atoms with E-state index in [0.29, 0.717) is 6.54 Å².